The fourth-order valence-corrected chi connectivity index (χ4v) is 8.25. The number of H-pyrrole nitrogens is 1. The van der Waals surface area contributed by atoms with Gasteiger partial charge in [-0.1, -0.05) is 39.5 Å². The first-order valence-electron chi connectivity index (χ1n) is 12.0. The van der Waals surface area contributed by atoms with E-state index in [4.69, 9.17) is 29.7 Å². The van der Waals surface area contributed by atoms with Crippen molar-refractivity contribution in [3.63, 3.8) is 0 Å². The molecule has 0 radical (unpaired) electrons. The van der Waals surface area contributed by atoms with Crippen LogP contribution in [0.2, 0.25) is 0 Å². The molecule has 0 aromatic carbocycles. The van der Waals surface area contributed by atoms with Crippen molar-refractivity contribution in [2.75, 3.05) is 32.3 Å². The monoisotopic (exact) mass is 711 g/mol. The zero-order valence-electron chi connectivity index (χ0n) is 22.8. The van der Waals surface area contributed by atoms with Gasteiger partial charge in [0.15, 0.2) is 0 Å². The minimum atomic E-state index is -5.73. The molecular weight excluding hydrogens is 679 g/mol. The third kappa shape index (κ3) is 13.8. The summed E-state index contributed by atoms with van der Waals surface area (Å²) in [4.78, 5) is 63.3. The van der Waals surface area contributed by atoms with E-state index in [0.717, 1.165) is 10.8 Å². The topological polar surface area (TPSA) is 268 Å². The number of rotatable bonds is 17. The molecule has 2 unspecified atom stereocenters. The average molecular weight is 712 g/mol. The van der Waals surface area contributed by atoms with Gasteiger partial charge in [-0.2, -0.15) is 8.62 Å². The standard InChI is InChI=1S/C20H32N3O15P3S2/c1-4-7-34-15-9-17(36-16(15)11-35-40(29,30)38-41(31,32)37-39(26,27)28)23-10-14(18(24)22-19(23)25)6-5-8-33-13-42-43-20(2,3)12-21/h4,10,15-17H,1,7-9,11-13,21H2,2-3H3,(H,29,30)(H,31,32)(H,22,24,25)(H2,26,27,28)/t15-,16-,17-/m1/s1. The van der Waals surface area contributed by atoms with Crippen LogP contribution in [0.4, 0.5) is 0 Å². The molecule has 5 atom stereocenters. The molecular formula is C20H32N3O15P3S2. The van der Waals surface area contributed by atoms with E-state index in [1.54, 1.807) is 10.8 Å². The number of nitrogens with two attached hydrogens (primary N) is 1. The molecule has 1 aliphatic heterocycles. The van der Waals surface area contributed by atoms with E-state index in [0.29, 0.717) is 12.5 Å². The average Bonchev–Trinajstić information content (AvgIpc) is 3.27. The Hall–Kier alpha value is -1.07. The molecule has 1 aromatic heterocycles. The molecule has 2 heterocycles. The van der Waals surface area contributed by atoms with Gasteiger partial charge in [0.1, 0.15) is 30.4 Å². The lowest BCUT2D eigenvalue weighted by molar-refractivity contribution is -0.0571. The summed E-state index contributed by atoms with van der Waals surface area (Å²) in [7, 11) is -13.7. The Morgan fingerprint density at radius 1 is 1.23 bits per heavy atom. The quantitative estimate of drug-likeness (QED) is 0.0331. The smallest absolute Gasteiger partial charge is 0.371 e. The summed E-state index contributed by atoms with van der Waals surface area (Å²) in [5.41, 5.74) is 3.97. The normalized spacial score (nSPS) is 21.9. The lowest BCUT2D eigenvalue weighted by atomic mass is 10.2. The minimum absolute atomic E-state index is 0.00471. The van der Waals surface area contributed by atoms with Crippen LogP contribution in [0.25, 0.3) is 0 Å². The number of hydrogen-bond acceptors (Lipinski definition) is 14. The van der Waals surface area contributed by atoms with Gasteiger partial charge in [-0.15, -0.1) is 6.58 Å². The second-order valence-electron chi connectivity index (χ2n) is 9.05. The van der Waals surface area contributed by atoms with Gasteiger partial charge in [-0.3, -0.25) is 18.9 Å². The van der Waals surface area contributed by atoms with E-state index in [1.165, 1.54) is 16.9 Å². The van der Waals surface area contributed by atoms with E-state index >= 15 is 0 Å². The third-order valence-electron chi connectivity index (χ3n) is 5.01. The lowest BCUT2D eigenvalue weighted by Crippen LogP contribution is -2.33. The van der Waals surface area contributed by atoms with E-state index in [1.807, 2.05) is 13.8 Å². The first kappa shape index (κ1) is 38.1. The van der Waals surface area contributed by atoms with Gasteiger partial charge in [0.2, 0.25) is 0 Å². The molecule has 0 amide bonds. The van der Waals surface area contributed by atoms with Crippen LogP contribution in [0.3, 0.4) is 0 Å². The number of phosphoric acid groups is 3. The Bertz CT molecular complexity index is 1440. The second kappa shape index (κ2) is 16.5. The zero-order valence-corrected chi connectivity index (χ0v) is 27.1. The van der Waals surface area contributed by atoms with Gasteiger partial charge < -0.3 is 39.5 Å². The highest BCUT2D eigenvalue weighted by molar-refractivity contribution is 8.77. The van der Waals surface area contributed by atoms with E-state index in [-0.39, 0.29) is 29.9 Å². The first-order valence-corrected chi connectivity index (χ1v) is 18.8. The molecule has 0 spiro atoms. The van der Waals surface area contributed by atoms with E-state index in [2.05, 4.69) is 36.5 Å². The highest BCUT2D eigenvalue weighted by atomic mass is 33.1. The van der Waals surface area contributed by atoms with Gasteiger partial charge in [-0.05, 0) is 13.8 Å². The van der Waals surface area contributed by atoms with Crippen molar-refractivity contribution >= 4 is 45.1 Å². The largest absolute Gasteiger partial charge is 0.490 e. The van der Waals surface area contributed by atoms with Crippen LogP contribution in [0.1, 0.15) is 32.1 Å². The maximum absolute atomic E-state index is 12.6. The van der Waals surface area contributed by atoms with Crippen molar-refractivity contribution in [1.29, 1.82) is 0 Å². The summed E-state index contributed by atoms with van der Waals surface area (Å²) < 4.78 is 64.1. The molecule has 1 fully saturated rings. The molecule has 244 valence electrons. The van der Waals surface area contributed by atoms with Crippen LogP contribution >= 0.6 is 45.1 Å². The number of phosphoric ester groups is 1. The second-order valence-corrected chi connectivity index (χ2v) is 16.4. The summed E-state index contributed by atoms with van der Waals surface area (Å²) in [6, 6.07) is 0. The highest BCUT2D eigenvalue weighted by Gasteiger charge is 2.43. The molecule has 0 bridgehead atoms. The van der Waals surface area contributed by atoms with Crippen molar-refractivity contribution in [2.24, 2.45) is 5.73 Å². The summed E-state index contributed by atoms with van der Waals surface area (Å²) in [5, 5.41) is 0. The van der Waals surface area contributed by atoms with Gasteiger partial charge >= 0.3 is 29.2 Å². The number of nitrogens with one attached hydrogen (secondary N) is 1. The molecule has 23 heteroatoms. The molecule has 1 aromatic rings. The third-order valence-corrected chi connectivity index (χ3v) is 11.8. The zero-order chi connectivity index (χ0) is 32.5. The summed E-state index contributed by atoms with van der Waals surface area (Å²) in [5.74, 6) is 5.62. The van der Waals surface area contributed by atoms with Gasteiger partial charge in [0.05, 0.1) is 19.3 Å². The van der Waals surface area contributed by atoms with Crippen LogP contribution in [0.5, 0.6) is 0 Å². The molecule has 0 aliphatic carbocycles. The van der Waals surface area contributed by atoms with Crippen LogP contribution in [0, 0.1) is 11.8 Å². The van der Waals surface area contributed by atoms with Crippen molar-refractivity contribution < 1.29 is 60.6 Å². The lowest BCUT2D eigenvalue weighted by Gasteiger charge is -2.21. The highest BCUT2D eigenvalue weighted by Crippen LogP contribution is 2.66. The molecule has 1 aliphatic rings. The van der Waals surface area contributed by atoms with Gasteiger partial charge in [0.25, 0.3) is 5.56 Å². The van der Waals surface area contributed by atoms with Crippen LogP contribution in [0.15, 0.2) is 28.4 Å². The number of hydrogen-bond donors (Lipinski definition) is 6. The van der Waals surface area contributed by atoms with Crippen molar-refractivity contribution in [1.82, 2.24) is 9.55 Å². The van der Waals surface area contributed by atoms with Crippen molar-refractivity contribution in [3.8, 4) is 11.8 Å². The fraction of sp³-hybridized carbons (Fsp3) is 0.600. The van der Waals surface area contributed by atoms with Crippen molar-refractivity contribution in [2.45, 2.75) is 43.5 Å². The predicted molar refractivity (Wildman–Crippen MR) is 156 cm³/mol. The van der Waals surface area contributed by atoms with Crippen LogP contribution < -0.4 is 17.0 Å². The minimum Gasteiger partial charge on any atom is -0.371 e. The van der Waals surface area contributed by atoms with Gasteiger partial charge in [0, 0.05) is 23.9 Å². The number of aromatic amines is 1. The number of ether oxygens (including phenoxy) is 3. The van der Waals surface area contributed by atoms with Gasteiger partial charge in [-0.25, -0.2) is 18.5 Å². The summed E-state index contributed by atoms with van der Waals surface area (Å²) in [6.45, 7) is 7.16. The SMILES string of the molecule is C=CCO[C@@H]1C[C@H](n2cc(C#CCOCSSC(C)(C)CN)c(=O)[nH]c2=O)O[C@@H]1COP(=O)(O)OP(=O)(O)OP(=O)(O)O. The van der Waals surface area contributed by atoms with Crippen molar-refractivity contribution in [3.05, 3.63) is 45.3 Å². The maximum Gasteiger partial charge on any atom is 0.490 e. The molecule has 7 N–H and O–H groups in total. The molecule has 18 nitrogen and oxygen atoms in total. The Labute approximate surface area is 253 Å². The van der Waals surface area contributed by atoms with E-state index in [9.17, 15) is 33.1 Å². The Balaban J connectivity index is 2.10. The fourth-order valence-electron chi connectivity index (χ4n) is 3.12. The first-order chi connectivity index (χ1) is 19.9. The Kier molecular flexibility index (Phi) is 14.6. The van der Waals surface area contributed by atoms with E-state index < -0.39 is 59.8 Å². The molecule has 2 rings (SSSR count). The number of nitrogens with zero attached hydrogens (tertiary/aromatic N) is 1. The Morgan fingerprint density at radius 3 is 2.56 bits per heavy atom. The Morgan fingerprint density at radius 2 is 1.93 bits per heavy atom. The maximum atomic E-state index is 12.6. The number of aromatic nitrogens is 2. The summed E-state index contributed by atoms with van der Waals surface area (Å²) >= 11 is 0. The molecule has 1 saturated heterocycles. The predicted octanol–water partition coefficient (Wildman–Crippen LogP) is 1.18. The van der Waals surface area contributed by atoms with Crippen LogP contribution in [-0.2, 0) is 41.1 Å². The molecule has 0 saturated carbocycles. The molecule has 43 heavy (non-hydrogen) atoms. The summed E-state index contributed by atoms with van der Waals surface area (Å²) in [6.07, 6.45) is -0.653. The van der Waals surface area contributed by atoms with Crippen LogP contribution in [-0.4, -0.2) is 78.4 Å².